The van der Waals surface area contributed by atoms with Crippen LogP contribution < -0.4 is 0 Å². The smallest absolute Gasteiger partial charge is 0.303 e. The maximum Gasteiger partial charge on any atom is 0.303 e. The molecule has 0 aliphatic carbocycles. The normalized spacial score (nSPS) is 13.8. The summed E-state index contributed by atoms with van der Waals surface area (Å²) in [6.45, 7) is 4.28. The molecule has 2 N–H and O–H groups in total. The summed E-state index contributed by atoms with van der Waals surface area (Å²) >= 11 is 0. The van der Waals surface area contributed by atoms with Crippen molar-refractivity contribution in [2.24, 2.45) is 0 Å². The lowest BCUT2D eigenvalue weighted by atomic mass is 10.0. The third-order valence-corrected chi connectivity index (χ3v) is 3.22. The van der Waals surface area contributed by atoms with Gasteiger partial charge in [0.1, 0.15) is 0 Å². The molecule has 0 aromatic carbocycles. The van der Waals surface area contributed by atoms with Gasteiger partial charge in [0.15, 0.2) is 0 Å². The second kappa shape index (κ2) is 12.9. The zero-order chi connectivity index (χ0) is 15.2. The van der Waals surface area contributed by atoms with Gasteiger partial charge in [-0.15, -0.1) is 0 Å². The van der Waals surface area contributed by atoms with Crippen molar-refractivity contribution in [2.45, 2.75) is 77.7 Å². The minimum Gasteiger partial charge on any atom is -0.481 e. The van der Waals surface area contributed by atoms with Gasteiger partial charge in [-0.2, -0.15) is 0 Å². The summed E-state index contributed by atoms with van der Waals surface area (Å²) < 4.78 is 0. The minimum atomic E-state index is -0.783. The van der Waals surface area contributed by atoms with E-state index in [0.717, 1.165) is 6.42 Å². The number of aliphatic carboxylic acids is 1. The minimum absolute atomic E-state index is 0.152. The van der Waals surface area contributed by atoms with E-state index in [0.29, 0.717) is 12.8 Å². The van der Waals surface area contributed by atoms with Crippen LogP contribution >= 0.6 is 0 Å². The highest BCUT2D eigenvalue weighted by molar-refractivity contribution is 5.66. The van der Waals surface area contributed by atoms with Gasteiger partial charge in [0.2, 0.25) is 0 Å². The van der Waals surface area contributed by atoms with Gasteiger partial charge in [-0.3, -0.25) is 4.79 Å². The average molecular weight is 282 g/mol. The van der Waals surface area contributed by atoms with E-state index >= 15 is 0 Å². The summed E-state index contributed by atoms with van der Waals surface area (Å²) in [5.74, 6) is -0.783. The molecule has 0 spiro atoms. The third-order valence-electron chi connectivity index (χ3n) is 3.22. The number of unbranched alkanes of at least 4 members (excludes halogenated alkanes) is 4. The lowest BCUT2D eigenvalue weighted by molar-refractivity contribution is -0.136. The van der Waals surface area contributed by atoms with E-state index in [1.165, 1.54) is 37.7 Å². The first-order valence-electron chi connectivity index (χ1n) is 7.78. The molecule has 1 unspecified atom stereocenters. The molecule has 0 aromatic rings. The van der Waals surface area contributed by atoms with Gasteiger partial charge >= 0.3 is 5.97 Å². The number of hydrogen-bond donors (Lipinski definition) is 2. The Morgan fingerprint density at radius 3 is 2.45 bits per heavy atom. The SMILES string of the molecule is CCCCCCC/C(C)=C/C(O)C/C=C/CCC(=O)O. The quantitative estimate of drug-likeness (QED) is 0.410. The summed E-state index contributed by atoms with van der Waals surface area (Å²) in [6.07, 6.45) is 13.8. The monoisotopic (exact) mass is 282 g/mol. The second-order valence-electron chi connectivity index (χ2n) is 5.38. The van der Waals surface area contributed by atoms with Crippen LogP contribution in [0.2, 0.25) is 0 Å². The van der Waals surface area contributed by atoms with Gasteiger partial charge < -0.3 is 10.2 Å². The van der Waals surface area contributed by atoms with Crippen molar-refractivity contribution in [3.8, 4) is 0 Å². The van der Waals surface area contributed by atoms with Crippen LogP contribution in [0, 0.1) is 0 Å². The second-order valence-corrected chi connectivity index (χ2v) is 5.38. The van der Waals surface area contributed by atoms with Gasteiger partial charge in [0, 0.05) is 6.42 Å². The Kier molecular flexibility index (Phi) is 12.2. The van der Waals surface area contributed by atoms with Crippen LogP contribution in [0.5, 0.6) is 0 Å². The predicted molar refractivity (Wildman–Crippen MR) is 83.8 cm³/mol. The highest BCUT2D eigenvalue weighted by atomic mass is 16.4. The largest absolute Gasteiger partial charge is 0.481 e. The molecule has 0 bridgehead atoms. The average Bonchev–Trinajstić information content (AvgIpc) is 2.37. The zero-order valence-electron chi connectivity index (χ0n) is 13.0. The fourth-order valence-electron chi connectivity index (χ4n) is 2.05. The number of hydrogen-bond acceptors (Lipinski definition) is 2. The first-order valence-corrected chi connectivity index (χ1v) is 7.78. The lowest BCUT2D eigenvalue weighted by Crippen LogP contribution is -2.01. The summed E-state index contributed by atoms with van der Waals surface area (Å²) in [5, 5.41) is 18.3. The molecule has 116 valence electrons. The van der Waals surface area contributed by atoms with Gasteiger partial charge in [0.05, 0.1) is 6.10 Å². The molecule has 0 radical (unpaired) electrons. The van der Waals surface area contributed by atoms with Crippen LogP contribution in [0.25, 0.3) is 0 Å². The molecule has 20 heavy (non-hydrogen) atoms. The molecule has 0 aromatic heterocycles. The van der Waals surface area contributed by atoms with E-state index in [1.54, 1.807) is 0 Å². The Morgan fingerprint density at radius 1 is 1.10 bits per heavy atom. The molecule has 1 atom stereocenters. The molecule has 0 heterocycles. The topological polar surface area (TPSA) is 57.5 Å². The van der Waals surface area contributed by atoms with Crippen molar-refractivity contribution in [3.63, 3.8) is 0 Å². The van der Waals surface area contributed by atoms with E-state index in [9.17, 15) is 9.90 Å². The van der Waals surface area contributed by atoms with Crippen molar-refractivity contribution in [2.75, 3.05) is 0 Å². The van der Waals surface area contributed by atoms with E-state index in [1.807, 2.05) is 18.2 Å². The Bertz CT molecular complexity index is 305. The van der Waals surface area contributed by atoms with Crippen molar-refractivity contribution in [1.82, 2.24) is 0 Å². The number of rotatable bonds is 12. The number of allylic oxidation sites excluding steroid dienone is 2. The summed E-state index contributed by atoms with van der Waals surface area (Å²) in [7, 11) is 0. The molecule has 3 nitrogen and oxygen atoms in total. The maximum absolute atomic E-state index is 10.3. The molecular weight excluding hydrogens is 252 g/mol. The molecule has 3 heteroatoms. The number of aliphatic hydroxyl groups is 1. The Morgan fingerprint density at radius 2 is 1.80 bits per heavy atom. The molecular formula is C17H30O3. The summed E-state index contributed by atoms with van der Waals surface area (Å²) in [4.78, 5) is 10.3. The Balaban J connectivity index is 3.72. The van der Waals surface area contributed by atoms with Gasteiger partial charge in [-0.1, -0.05) is 56.4 Å². The first kappa shape index (κ1) is 18.9. The van der Waals surface area contributed by atoms with E-state index in [-0.39, 0.29) is 6.42 Å². The van der Waals surface area contributed by atoms with Crippen LogP contribution in [0.15, 0.2) is 23.8 Å². The molecule has 0 fully saturated rings. The fraction of sp³-hybridized carbons (Fsp3) is 0.706. The zero-order valence-corrected chi connectivity index (χ0v) is 13.0. The van der Waals surface area contributed by atoms with E-state index in [2.05, 4.69) is 13.8 Å². The van der Waals surface area contributed by atoms with Gasteiger partial charge in [-0.25, -0.2) is 0 Å². The van der Waals surface area contributed by atoms with Crippen molar-refractivity contribution >= 4 is 5.97 Å². The van der Waals surface area contributed by atoms with E-state index < -0.39 is 12.1 Å². The van der Waals surface area contributed by atoms with Gasteiger partial charge in [-0.05, 0) is 32.6 Å². The molecule has 0 saturated carbocycles. The molecule has 0 aliphatic rings. The Hall–Kier alpha value is -1.09. The van der Waals surface area contributed by atoms with Crippen LogP contribution in [0.1, 0.15) is 71.6 Å². The molecule has 0 amide bonds. The van der Waals surface area contributed by atoms with Gasteiger partial charge in [0.25, 0.3) is 0 Å². The van der Waals surface area contributed by atoms with Crippen molar-refractivity contribution in [3.05, 3.63) is 23.8 Å². The number of aliphatic hydroxyl groups excluding tert-OH is 1. The third kappa shape index (κ3) is 13.3. The summed E-state index contributed by atoms with van der Waals surface area (Å²) in [5.41, 5.74) is 1.24. The van der Waals surface area contributed by atoms with Crippen LogP contribution in [0.3, 0.4) is 0 Å². The predicted octanol–water partition coefficient (Wildman–Crippen LogP) is 4.47. The van der Waals surface area contributed by atoms with E-state index in [4.69, 9.17) is 5.11 Å². The maximum atomic E-state index is 10.3. The number of carboxylic acid groups (broad SMARTS) is 1. The van der Waals surface area contributed by atoms with Crippen LogP contribution in [-0.2, 0) is 4.79 Å². The van der Waals surface area contributed by atoms with Crippen LogP contribution in [0.4, 0.5) is 0 Å². The first-order chi connectivity index (χ1) is 9.56. The van der Waals surface area contributed by atoms with Crippen molar-refractivity contribution in [1.29, 1.82) is 0 Å². The Labute approximate surface area is 123 Å². The van der Waals surface area contributed by atoms with Crippen molar-refractivity contribution < 1.29 is 15.0 Å². The summed E-state index contributed by atoms with van der Waals surface area (Å²) in [6, 6.07) is 0. The fourth-order valence-corrected chi connectivity index (χ4v) is 2.05. The standard InChI is InChI=1S/C17H30O3/c1-3-4-5-6-8-11-15(2)14-16(18)12-9-7-10-13-17(19)20/h7,9,14,16,18H,3-6,8,10-13H2,1-2H3,(H,19,20)/b9-7+,15-14+. The molecule has 0 aliphatic heterocycles. The highest BCUT2D eigenvalue weighted by Crippen LogP contribution is 2.12. The molecule has 0 rings (SSSR count). The highest BCUT2D eigenvalue weighted by Gasteiger charge is 1.99. The number of carbonyl (C=O) groups is 1. The molecule has 0 saturated heterocycles. The lowest BCUT2D eigenvalue weighted by Gasteiger charge is -2.06. The number of carboxylic acids is 1. The van der Waals surface area contributed by atoms with Crippen LogP contribution in [-0.4, -0.2) is 22.3 Å².